The summed E-state index contributed by atoms with van der Waals surface area (Å²) in [5.74, 6) is 2.17. The van der Waals surface area contributed by atoms with Crippen LogP contribution in [-0.2, 0) is 11.3 Å². The lowest BCUT2D eigenvalue weighted by Gasteiger charge is -2.28. The summed E-state index contributed by atoms with van der Waals surface area (Å²) < 4.78 is 2.17. The molecule has 2 aliphatic heterocycles. The van der Waals surface area contributed by atoms with Crippen molar-refractivity contribution < 1.29 is 4.79 Å². The number of imidazole rings is 1. The molecule has 4 rings (SSSR count). The minimum atomic E-state index is 0. The molecule has 3 heterocycles. The van der Waals surface area contributed by atoms with Crippen LogP contribution in [-0.4, -0.2) is 35.1 Å². The molecule has 1 N–H and O–H groups in total. The van der Waals surface area contributed by atoms with Crippen molar-refractivity contribution in [1.82, 2.24) is 14.9 Å². The van der Waals surface area contributed by atoms with Crippen LogP contribution in [0.3, 0.4) is 0 Å². The second kappa shape index (κ2) is 7.11. The van der Waals surface area contributed by atoms with Crippen LogP contribution in [0.5, 0.6) is 0 Å². The topological polar surface area (TPSA) is 50.2 Å². The molecule has 1 unspecified atom stereocenters. The number of hydrogen-bond donors (Lipinski definition) is 1. The van der Waals surface area contributed by atoms with Gasteiger partial charge >= 0.3 is 0 Å². The van der Waals surface area contributed by atoms with Gasteiger partial charge in [-0.3, -0.25) is 9.69 Å². The molecule has 1 fully saturated rings. The molecule has 2 aliphatic rings. The highest BCUT2D eigenvalue weighted by atomic mass is 35.5. The highest BCUT2D eigenvalue weighted by Gasteiger charge is 2.30. The molecular weight excluding hydrogens is 324 g/mol. The second-order valence-electron chi connectivity index (χ2n) is 6.87. The van der Waals surface area contributed by atoms with Crippen molar-refractivity contribution in [3.8, 4) is 0 Å². The maximum atomic E-state index is 12.8. The Labute approximate surface area is 148 Å². The molecule has 24 heavy (non-hydrogen) atoms. The van der Waals surface area contributed by atoms with Gasteiger partial charge in [0.1, 0.15) is 0 Å². The number of carbonyl (C=O) groups excluding carboxylic acids is 1. The van der Waals surface area contributed by atoms with Crippen molar-refractivity contribution in [3.05, 3.63) is 24.3 Å². The third-order valence-corrected chi connectivity index (χ3v) is 5.41. The summed E-state index contributed by atoms with van der Waals surface area (Å²) in [6.45, 7) is 6.01. The molecule has 0 radical (unpaired) electrons. The molecule has 0 bridgehead atoms. The van der Waals surface area contributed by atoms with E-state index in [4.69, 9.17) is 0 Å². The van der Waals surface area contributed by atoms with Gasteiger partial charge in [0.05, 0.1) is 11.0 Å². The molecule has 1 amide bonds. The van der Waals surface area contributed by atoms with Crippen LogP contribution in [0, 0.1) is 11.8 Å². The number of nitrogens with zero attached hydrogens (tertiary/aromatic N) is 3. The van der Waals surface area contributed by atoms with Gasteiger partial charge in [0, 0.05) is 19.5 Å². The van der Waals surface area contributed by atoms with Crippen molar-refractivity contribution in [2.24, 2.45) is 11.8 Å². The van der Waals surface area contributed by atoms with Crippen molar-refractivity contribution in [2.75, 3.05) is 24.5 Å². The van der Waals surface area contributed by atoms with Crippen molar-refractivity contribution >= 4 is 35.3 Å². The minimum Gasteiger partial charge on any atom is -0.317 e. The number of rotatable bonds is 3. The molecule has 0 spiro atoms. The fourth-order valence-electron chi connectivity index (χ4n) is 3.99. The molecule has 6 heteroatoms. The van der Waals surface area contributed by atoms with Crippen LogP contribution in [0.4, 0.5) is 5.95 Å². The normalized spacial score (nSPS) is 19.1. The maximum absolute atomic E-state index is 12.8. The predicted octanol–water partition coefficient (Wildman–Crippen LogP) is 2.83. The Balaban J connectivity index is 0.00000169. The number of fused-ring (bicyclic) bond motifs is 3. The molecule has 5 nitrogen and oxygen atoms in total. The van der Waals surface area contributed by atoms with Gasteiger partial charge in [0.25, 0.3) is 0 Å². The number of nitrogens with one attached hydrogen (secondary N) is 1. The molecule has 2 aromatic rings. The highest BCUT2D eigenvalue weighted by molar-refractivity contribution is 5.95. The number of piperidine rings is 1. The van der Waals surface area contributed by atoms with E-state index < -0.39 is 0 Å². The number of amides is 1. The summed E-state index contributed by atoms with van der Waals surface area (Å²) in [5, 5.41) is 3.40. The van der Waals surface area contributed by atoms with Gasteiger partial charge in [-0.05, 0) is 49.9 Å². The quantitative estimate of drug-likeness (QED) is 0.928. The molecule has 0 aliphatic carbocycles. The number of anilines is 1. The van der Waals surface area contributed by atoms with E-state index in [0.717, 1.165) is 43.2 Å². The highest BCUT2D eigenvalue weighted by Crippen LogP contribution is 2.30. The van der Waals surface area contributed by atoms with Crippen molar-refractivity contribution in [2.45, 2.75) is 32.7 Å². The van der Waals surface area contributed by atoms with Crippen LogP contribution >= 0.6 is 12.4 Å². The van der Waals surface area contributed by atoms with Gasteiger partial charge in [0.2, 0.25) is 11.9 Å². The zero-order valence-corrected chi connectivity index (χ0v) is 14.9. The number of halogens is 1. The predicted molar refractivity (Wildman–Crippen MR) is 98.7 cm³/mol. The van der Waals surface area contributed by atoms with Gasteiger partial charge in [-0.15, -0.1) is 12.4 Å². The number of aromatic nitrogens is 2. The lowest BCUT2D eigenvalue weighted by atomic mass is 9.84. The van der Waals surface area contributed by atoms with Crippen LogP contribution in [0.2, 0.25) is 0 Å². The minimum absolute atomic E-state index is 0. The van der Waals surface area contributed by atoms with Crippen LogP contribution in [0.1, 0.15) is 26.2 Å². The van der Waals surface area contributed by atoms with Gasteiger partial charge in [0.15, 0.2) is 0 Å². The number of para-hydroxylation sites is 2. The summed E-state index contributed by atoms with van der Waals surface area (Å²) in [7, 11) is 0. The van der Waals surface area contributed by atoms with Crippen molar-refractivity contribution in [1.29, 1.82) is 0 Å². The van der Waals surface area contributed by atoms with E-state index in [1.165, 1.54) is 12.8 Å². The summed E-state index contributed by atoms with van der Waals surface area (Å²) in [6.07, 6.45) is 3.01. The molecule has 1 atom stereocenters. The SMILES string of the molecule is CC(CC(=O)N1CCn2c1nc1ccccc12)C1CCNCC1.Cl. The van der Waals surface area contributed by atoms with Gasteiger partial charge in [-0.2, -0.15) is 0 Å². The Morgan fingerprint density at radius 2 is 2.04 bits per heavy atom. The Morgan fingerprint density at radius 1 is 1.29 bits per heavy atom. The van der Waals surface area contributed by atoms with Gasteiger partial charge in [-0.25, -0.2) is 4.98 Å². The molecular formula is C18H25ClN4O. The van der Waals surface area contributed by atoms with E-state index in [9.17, 15) is 4.79 Å². The van der Waals surface area contributed by atoms with Crippen LogP contribution in [0.25, 0.3) is 11.0 Å². The first-order valence-electron chi connectivity index (χ1n) is 8.70. The first-order valence-corrected chi connectivity index (χ1v) is 8.70. The third-order valence-electron chi connectivity index (χ3n) is 5.41. The summed E-state index contributed by atoms with van der Waals surface area (Å²) in [4.78, 5) is 19.4. The zero-order chi connectivity index (χ0) is 15.8. The van der Waals surface area contributed by atoms with Crippen LogP contribution < -0.4 is 10.2 Å². The molecule has 1 aromatic heterocycles. The Kier molecular flexibility index (Phi) is 5.11. The van der Waals surface area contributed by atoms with E-state index >= 15 is 0 Å². The number of carbonyl (C=O) groups is 1. The fraction of sp³-hybridized carbons (Fsp3) is 0.556. The van der Waals surface area contributed by atoms with Gasteiger partial charge < -0.3 is 9.88 Å². The average Bonchev–Trinajstić information content (AvgIpc) is 3.14. The van der Waals surface area contributed by atoms with E-state index in [1.807, 2.05) is 23.1 Å². The zero-order valence-electron chi connectivity index (χ0n) is 14.1. The fourth-order valence-corrected chi connectivity index (χ4v) is 3.99. The third kappa shape index (κ3) is 3.03. The lowest BCUT2D eigenvalue weighted by Crippen LogP contribution is -2.35. The standard InChI is InChI=1S/C18H24N4O.ClH/c1-13(14-6-8-19-9-7-14)12-17(23)22-11-10-21-16-5-3-2-4-15(16)20-18(21)22;/h2-5,13-14,19H,6-12H2,1H3;1H. The Bertz CT molecular complexity index is 723. The summed E-state index contributed by atoms with van der Waals surface area (Å²) >= 11 is 0. The maximum Gasteiger partial charge on any atom is 0.229 e. The number of benzene rings is 1. The molecule has 0 saturated carbocycles. The molecule has 1 saturated heterocycles. The smallest absolute Gasteiger partial charge is 0.229 e. The summed E-state index contributed by atoms with van der Waals surface area (Å²) in [6, 6.07) is 8.12. The molecule has 130 valence electrons. The monoisotopic (exact) mass is 348 g/mol. The first-order chi connectivity index (χ1) is 11.2. The molecule has 1 aromatic carbocycles. The van der Waals surface area contributed by atoms with Crippen LogP contribution in [0.15, 0.2) is 24.3 Å². The summed E-state index contributed by atoms with van der Waals surface area (Å²) in [5.41, 5.74) is 2.11. The first kappa shape index (κ1) is 17.2. The van der Waals surface area contributed by atoms with E-state index in [1.54, 1.807) is 0 Å². The average molecular weight is 349 g/mol. The van der Waals surface area contributed by atoms with E-state index in [2.05, 4.69) is 27.9 Å². The van der Waals surface area contributed by atoms with Crippen molar-refractivity contribution in [3.63, 3.8) is 0 Å². The Morgan fingerprint density at radius 3 is 2.83 bits per heavy atom. The lowest BCUT2D eigenvalue weighted by molar-refractivity contribution is -0.119. The van der Waals surface area contributed by atoms with E-state index in [0.29, 0.717) is 18.3 Å². The Hall–Kier alpha value is -1.59. The largest absolute Gasteiger partial charge is 0.317 e. The van der Waals surface area contributed by atoms with Gasteiger partial charge in [-0.1, -0.05) is 19.1 Å². The number of hydrogen-bond acceptors (Lipinski definition) is 3. The second-order valence-corrected chi connectivity index (χ2v) is 6.87. The van der Waals surface area contributed by atoms with E-state index in [-0.39, 0.29) is 18.3 Å².